The first-order valence-electron chi connectivity index (χ1n) is 6.86. The molecule has 1 fully saturated rings. The van der Waals surface area contributed by atoms with Crippen molar-refractivity contribution in [3.8, 4) is 0 Å². The molecule has 2 rings (SSSR count). The van der Waals surface area contributed by atoms with Gasteiger partial charge in [-0.3, -0.25) is 4.79 Å². The van der Waals surface area contributed by atoms with E-state index in [1.165, 1.54) is 11.0 Å². The molecule has 1 amide bonds. The highest BCUT2D eigenvalue weighted by atomic mass is 16.4. The first kappa shape index (κ1) is 14.3. The summed E-state index contributed by atoms with van der Waals surface area (Å²) in [7, 11) is 0. The van der Waals surface area contributed by atoms with Crippen molar-refractivity contribution in [3.05, 3.63) is 41.5 Å². The van der Waals surface area contributed by atoms with E-state index in [0.717, 1.165) is 24.0 Å². The maximum absolute atomic E-state index is 12.1. The van der Waals surface area contributed by atoms with Gasteiger partial charge in [-0.2, -0.15) is 0 Å². The number of benzene rings is 1. The van der Waals surface area contributed by atoms with Crippen molar-refractivity contribution in [2.45, 2.75) is 32.2 Å². The van der Waals surface area contributed by atoms with Gasteiger partial charge in [0, 0.05) is 12.6 Å². The number of carbonyl (C=O) groups excluding carboxylic acids is 1. The van der Waals surface area contributed by atoms with Crippen LogP contribution in [0.4, 0.5) is 0 Å². The summed E-state index contributed by atoms with van der Waals surface area (Å²) in [6, 6.07) is 7.14. The standard InChI is InChI=1S/C16H19NO3/c1-12-5-7-13(8-6-12)9-10-15(18)17-11-3-2-4-14(17)16(19)20/h5-10,14H,2-4,11H2,1H3,(H,19,20)/t14-/m0/s1. The molecule has 1 atom stereocenters. The van der Waals surface area contributed by atoms with Gasteiger partial charge in [-0.05, 0) is 37.8 Å². The van der Waals surface area contributed by atoms with E-state index in [1.54, 1.807) is 6.08 Å². The Morgan fingerprint density at radius 3 is 2.60 bits per heavy atom. The summed E-state index contributed by atoms with van der Waals surface area (Å²) in [6.45, 7) is 2.53. The molecule has 106 valence electrons. The number of amides is 1. The third-order valence-corrected chi connectivity index (χ3v) is 3.57. The zero-order chi connectivity index (χ0) is 14.5. The minimum absolute atomic E-state index is 0.224. The average Bonchev–Trinajstić information content (AvgIpc) is 2.46. The lowest BCUT2D eigenvalue weighted by atomic mass is 10.0. The molecule has 4 heteroatoms. The minimum Gasteiger partial charge on any atom is -0.480 e. The van der Waals surface area contributed by atoms with E-state index in [4.69, 9.17) is 5.11 Å². The zero-order valence-corrected chi connectivity index (χ0v) is 11.6. The number of hydrogen-bond acceptors (Lipinski definition) is 2. The quantitative estimate of drug-likeness (QED) is 0.861. The molecule has 1 aromatic carbocycles. The van der Waals surface area contributed by atoms with Crippen molar-refractivity contribution < 1.29 is 14.7 Å². The monoisotopic (exact) mass is 273 g/mol. The fourth-order valence-electron chi connectivity index (χ4n) is 2.39. The van der Waals surface area contributed by atoms with Gasteiger partial charge < -0.3 is 10.0 Å². The van der Waals surface area contributed by atoms with Crippen LogP contribution >= 0.6 is 0 Å². The fraction of sp³-hybridized carbons (Fsp3) is 0.375. The summed E-state index contributed by atoms with van der Waals surface area (Å²) in [6.07, 6.45) is 5.47. The number of carboxylic acids is 1. The van der Waals surface area contributed by atoms with Crippen molar-refractivity contribution in [1.29, 1.82) is 0 Å². The maximum Gasteiger partial charge on any atom is 0.326 e. The molecule has 0 aromatic heterocycles. The molecule has 20 heavy (non-hydrogen) atoms. The van der Waals surface area contributed by atoms with Crippen molar-refractivity contribution in [3.63, 3.8) is 0 Å². The second-order valence-electron chi connectivity index (χ2n) is 5.13. The Labute approximate surface area is 118 Å². The minimum atomic E-state index is -0.915. The Hall–Kier alpha value is -2.10. The van der Waals surface area contributed by atoms with Gasteiger partial charge in [-0.15, -0.1) is 0 Å². The second kappa shape index (κ2) is 6.37. The van der Waals surface area contributed by atoms with Crippen LogP contribution in [-0.4, -0.2) is 34.5 Å². The van der Waals surface area contributed by atoms with Gasteiger partial charge in [-0.25, -0.2) is 4.79 Å². The van der Waals surface area contributed by atoms with Gasteiger partial charge >= 0.3 is 5.97 Å². The molecule has 1 N–H and O–H groups in total. The molecule has 1 aromatic rings. The van der Waals surface area contributed by atoms with Crippen LogP contribution in [0.25, 0.3) is 6.08 Å². The number of aryl methyl sites for hydroxylation is 1. The van der Waals surface area contributed by atoms with Crippen LogP contribution in [0.5, 0.6) is 0 Å². The summed E-state index contributed by atoms with van der Waals surface area (Å²) in [5.74, 6) is -1.14. The van der Waals surface area contributed by atoms with E-state index in [0.29, 0.717) is 13.0 Å². The molecule has 0 aliphatic carbocycles. The molecule has 0 saturated carbocycles. The molecule has 1 saturated heterocycles. The highest BCUT2D eigenvalue weighted by Crippen LogP contribution is 2.18. The van der Waals surface area contributed by atoms with Gasteiger partial charge in [0.15, 0.2) is 0 Å². The number of aliphatic carboxylic acids is 1. The summed E-state index contributed by atoms with van der Waals surface area (Å²) in [5, 5.41) is 9.16. The number of likely N-dealkylation sites (tertiary alicyclic amines) is 1. The highest BCUT2D eigenvalue weighted by Gasteiger charge is 2.30. The summed E-state index contributed by atoms with van der Waals surface area (Å²) < 4.78 is 0. The smallest absolute Gasteiger partial charge is 0.326 e. The van der Waals surface area contributed by atoms with E-state index in [1.807, 2.05) is 31.2 Å². The van der Waals surface area contributed by atoms with Crippen molar-refractivity contribution in [2.24, 2.45) is 0 Å². The van der Waals surface area contributed by atoms with Crippen LogP contribution in [0.1, 0.15) is 30.4 Å². The lowest BCUT2D eigenvalue weighted by molar-refractivity contribution is -0.150. The predicted molar refractivity (Wildman–Crippen MR) is 77.2 cm³/mol. The van der Waals surface area contributed by atoms with E-state index in [2.05, 4.69) is 0 Å². The number of carbonyl (C=O) groups is 2. The number of nitrogens with zero attached hydrogens (tertiary/aromatic N) is 1. The lowest BCUT2D eigenvalue weighted by Gasteiger charge is -2.32. The first-order chi connectivity index (χ1) is 9.58. The third kappa shape index (κ3) is 3.47. The Kier molecular flexibility index (Phi) is 4.56. The molecule has 1 heterocycles. The van der Waals surface area contributed by atoms with Gasteiger partial charge in [0.05, 0.1) is 0 Å². The fourth-order valence-corrected chi connectivity index (χ4v) is 2.39. The Morgan fingerprint density at radius 1 is 1.25 bits per heavy atom. The zero-order valence-electron chi connectivity index (χ0n) is 11.6. The van der Waals surface area contributed by atoms with Crippen LogP contribution in [0.15, 0.2) is 30.3 Å². The summed E-state index contributed by atoms with van der Waals surface area (Å²) in [5.41, 5.74) is 2.10. The van der Waals surface area contributed by atoms with E-state index in [9.17, 15) is 9.59 Å². The number of hydrogen-bond donors (Lipinski definition) is 1. The topological polar surface area (TPSA) is 57.6 Å². The van der Waals surface area contributed by atoms with Crippen molar-refractivity contribution >= 4 is 18.0 Å². The van der Waals surface area contributed by atoms with E-state index >= 15 is 0 Å². The van der Waals surface area contributed by atoms with E-state index in [-0.39, 0.29) is 5.91 Å². The normalized spacial score (nSPS) is 19.2. The van der Waals surface area contributed by atoms with Crippen LogP contribution < -0.4 is 0 Å². The molecule has 0 unspecified atom stereocenters. The molecular weight excluding hydrogens is 254 g/mol. The van der Waals surface area contributed by atoms with Crippen molar-refractivity contribution in [1.82, 2.24) is 4.90 Å². The molecule has 0 spiro atoms. The van der Waals surface area contributed by atoms with Gasteiger partial charge in [-0.1, -0.05) is 29.8 Å². The molecule has 1 aliphatic heterocycles. The van der Waals surface area contributed by atoms with Crippen LogP contribution in [0, 0.1) is 6.92 Å². The number of rotatable bonds is 3. The number of carboxylic acid groups (broad SMARTS) is 1. The molecule has 4 nitrogen and oxygen atoms in total. The Balaban J connectivity index is 2.06. The highest BCUT2D eigenvalue weighted by molar-refractivity contribution is 5.94. The summed E-state index contributed by atoms with van der Waals surface area (Å²) in [4.78, 5) is 24.7. The number of piperidine rings is 1. The molecular formula is C16H19NO3. The maximum atomic E-state index is 12.1. The lowest BCUT2D eigenvalue weighted by Crippen LogP contribution is -2.47. The van der Waals surface area contributed by atoms with Crippen molar-refractivity contribution in [2.75, 3.05) is 6.54 Å². The third-order valence-electron chi connectivity index (χ3n) is 3.57. The SMILES string of the molecule is Cc1ccc(C=CC(=O)N2CCCC[C@H]2C(=O)O)cc1. The first-order valence-corrected chi connectivity index (χ1v) is 6.86. The largest absolute Gasteiger partial charge is 0.480 e. The van der Waals surface area contributed by atoms with Crippen LogP contribution in [0.3, 0.4) is 0 Å². The summed E-state index contributed by atoms with van der Waals surface area (Å²) >= 11 is 0. The van der Waals surface area contributed by atoms with Crippen LogP contribution in [-0.2, 0) is 9.59 Å². The molecule has 1 aliphatic rings. The van der Waals surface area contributed by atoms with Gasteiger partial charge in [0.2, 0.25) is 5.91 Å². The predicted octanol–water partition coefficient (Wildman–Crippen LogP) is 2.47. The van der Waals surface area contributed by atoms with E-state index < -0.39 is 12.0 Å². The molecule has 0 bridgehead atoms. The van der Waals surface area contributed by atoms with Gasteiger partial charge in [0.25, 0.3) is 0 Å². The van der Waals surface area contributed by atoms with Crippen LogP contribution in [0.2, 0.25) is 0 Å². The second-order valence-corrected chi connectivity index (χ2v) is 5.13. The Morgan fingerprint density at radius 2 is 1.95 bits per heavy atom. The van der Waals surface area contributed by atoms with Gasteiger partial charge in [0.1, 0.15) is 6.04 Å². The average molecular weight is 273 g/mol. The Bertz CT molecular complexity index is 519. The molecule has 0 radical (unpaired) electrons.